The Balaban J connectivity index is 0. The van der Waals surface area contributed by atoms with Crippen molar-refractivity contribution in [3.05, 3.63) is 0 Å². The van der Waals surface area contributed by atoms with Gasteiger partial charge in [0.05, 0.1) is 0 Å². The summed E-state index contributed by atoms with van der Waals surface area (Å²) in [5.74, 6) is 0. The normalized spacial score (nSPS) is 7.38. The first-order chi connectivity index (χ1) is 3.18. The van der Waals surface area contributed by atoms with Crippen molar-refractivity contribution >= 4 is 80.6 Å². The molecule has 0 rings (SSSR count). The molecule has 44 valence electrons. The second-order valence-corrected chi connectivity index (χ2v) is 2.23. The minimum absolute atomic E-state index is 0. The van der Waals surface area contributed by atoms with Gasteiger partial charge in [-0.05, 0) is 0 Å². The number of rotatable bonds is 1. The van der Waals surface area contributed by atoms with E-state index in [1.165, 1.54) is 4.90 Å². The van der Waals surface area contributed by atoms with Gasteiger partial charge in [-0.2, -0.15) is 0 Å². The first-order valence-electron chi connectivity index (χ1n) is 1.73. The molecule has 5 heteroatoms. The van der Waals surface area contributed by atoms with E-state index in [0.29, 0.717) is 4.32 Å². The monoisotopic (exact) mass is 177 g/mol. The van der Waals surface area contributed by atoms with Gasteiger partial charge < -0.3 is 10.0 Å². The quantitative estimate of drug-likeness (QED) is 0.243. The predicted octanol–water partition coefficient (Wildman–Crippen LogP) is -0.566. The van der Waals surface area contributed by atoms with Crippen LogP contribution in [0.5, 0.6) is 0 Å². The van der Waals surface area contributed by atoms with Gasteiger partial charge in [0, 0.05) is 7.05 Å². The Hall–Kier alpha value is 1.84. The van der Waals surface area contributed by atoms with Crippen molar-refractivity contribution in [2.75, 3.05) is 13.8 Å². The number of hydrogen-bond donors (Lipinski definition) is 2. The fourth-order valence-electron chi connectivity index (χ4n) is 0.0605. The number of aliphatic hydroxyl groups excluding tert-OH is 1. The van der Waals surface area contributed by atoms with Crippen LogP contribution in [-0.2, 0) is 0 Å². The Kier molecular flexibility index (Phi) is 10.9. The first kappa shape index (κ1) is 12.5. The van der Waals surface area contributed by atoms with E-state index in [1.54, 1.807) is 7.05 Å². The zero-order valence-corrected chi connectivity index (χ0v) is 5.67. The Morgan fingerprint density at radius 3 is 2.25 bits per heavy atom. The molecule has 1 N–H and O–H groups in total. The molecule has 0 bridgehead atoms. The predicted molar refractivity (Wildman–Crippen MR) is 43.6 cm³/mol. The molecule has 0 aliphatic heterocycles. The SMILES string of the molecule is CN(CO)C(=S)S.[KH]. The van der Waals surface area contributed by atoms with Crippen LogP contribution in [0, 0.1) is 0 Å². The molecular formula is C3H8KNOS2. The summed E-state index contributed by atoms with van der Waals surface area (Å²) in [5, 5.41) is 8.29. The Morgan fingerprint density at radius 2 is 2.25 bits per heavy atom. The molecule has 0 aromatic heterocycles. The zero-order valence-electron chi connectivity index (χ0n) is 3.96. The summed E-state index contributed by atoms with van der Waals surface area (Å²) < 4.78 is 0.405. The molecular weight excluding hydrogens is 169 g/mol. The average Bonchev–Trinajstić information content (AvgIpc) is 1.65. The number of thiol groups is 1. The summed E-state index contributed by atoms with van der Waals surface area (Å²) in [6.45, 7) is -0.0671. The van der Waals surface area contributed by atoms with Gasteiger partial charge in [0.1, 0.15) is 11.1 Å². The molecule has 0 aromatic carbocycles. The van der Waals surface area contributed by atoms with Crippen LogP contribution in [0.2, 0.25) is 0 Å². The van der Waals surface area contributed by atoms with E-state index >= 15 is 0 Å². The molecule has 0 aliphatic carbocycles. The number of hydrogen-bond acceptors (Lipinski definition) is 2. The van der Waals surface area contributed by atoms with Crippen LogP contribution in [0.4, 0.5) is 0 Å². The maximum absolute atomic E-state index is 8.29. The van der Waals surface area contributed by atoms with Crippen molar-refractivity contribution in [2.24, 2.45) is 0 Å². The third-order valence-electron chi connectivity index (χ3n) is 0.539. The van der Waals surface area contributed by atoms with Crippen LogP contribution in [0.25, 0.3) is 0 Å². The Bertz CT molecular complexity index is 79.7. The van der Waals surface area contributed by atoms with E-state index in [1.807, 2.05) is 0 Å². The van der Waals surface area contributed by atoms with Gasteiger partial charge in [0.2, 0.25) is 0 Å². The maximum atomic E-state index is 8.29. The number of thiocarbonyl (C=S) groups is 1. The third kappa shape index (κ3) is 5.96. The molecule has 0 radical (unpaired) electrons. The van der Waals surface area contributed by atoms with Crippen LogP contribution >= 0.6 is 24.8 Å². The van der Waals surface area contributed by atoms with Gasteiger partial charge >= 0.3 is 51.4 Å². The van der Waals surface area contributed by atoms with Crippen molar-refractivity contribution in [1.29, 1.82) is 0 Å². The fourth-order valence-corrected chi connectivity index (χ4v) is 0.181. The molecule has 2 nitrogen and oxygen atoms in total. The van der Waals surface area contributed by atoms with Crippen molar-refractivity contribution in [1.82, 2.24) is 4.90 Å². The van der Waals surface area contributed by atoms with E-state index in [0.717, 1.165) is 0 Å². The third-order valence-corrected chi connectivity index (χ3v) is 1.19. The number of nitrogens with zero attached hydrogens (tertiary/aromatic N) is 1. The Morgan fingerprint density at radius 1 is 1.88 bits per heavy atom. The van der Waals surface area contributed by atoms with Crippen LogP contribution < -0.4 is 0 Å². The van der Waals surface area contributed by atoms with Crippen LogP contribution in [0.3, 0.4) is 0 Å². The number of aliphatic hydroxyl groups is 1. The Labute approximate surface area is 102 Å². The van der Waals surface area contributed by atoms with E-state index < -0.39 is 0 Å². The minimum atomic E-state index is -0.0671. The first-order valence-corrected chi connectivity index (χ1v) is 2.59. The fraction of sp³-hybridized carbons (Fsp3) is 0.667. The molecule has 0 aliphatic rings. The molecule has 0 heterocycles. The van der Waals surface area contributed by atoms with Crippen LogP contribution in [0.1, 0.15) is 0 Å². The van der Waals surface area contributed by atoms with Gasteiger partial charge in [0.25, 0.3) is 0 Å². The summed E-state index contributed by atoms with van der Waals surface area (Å²) in [6.07, 6.45) is 0. The van der Waals surface area contributed by atoms with Crippen molar-refractivity contribution in [3.63, 3.8) is 0 Å². The van der Waals surface area contributed by atoms with Crippen LogP contribution in [-0.4, -0.2) is 79.5 Å². The van der Waals surface area contributed by atoms with E-state index in [2.05, 4.69) is 24.8 Å². The molecule has 0 spiro atoms. The van der Waals surface area contributed by atoms with E-state index in [-0.39, 0.29) is 58.1 Å². The molecule has 0 saturated heterocycles. The molecule has 8 heavy (non-hydrogen) atoms. The van der Waals surface area contributed by atoms with E-state index in [9.17, 15) is 0 Å². The molecule has 0 fully saturated rings. The van der Waals surface area contributed by atoms with Crippen molar-refractivity contribution < 1.29 is 5.11 Å². The molecule has 0 amide bonds. The summed E-state index contributed by atoms with van der Waals surface area (Å²) in [7, 11) is 1.66. The molecule has 0 atom stereocenters. The summed E-state index contributed by atoms with van der Waals surface area (Å²) >= 11 is 8.32. The molecule has 0 unspecified atom stereocenters. The second-order valence-electron chi connectivity index (χ2n) is 1.12. The van der Waals surface area contributed by atoms with Gasteiger partial charge in [-0.15, -0.1) is 12.6 Å². The van der Waals surface area contributed by atoms with E-state index in [4.69, 9.17) is 5.11 Å². The standard InChI is InChI=1S/C3H7NOS2.K.H/c1-4(2-5)3(6)7;;/h5H,2H2,1H3,(H,6,7);;. The van der Waals surface area contributed by atoms with Crippen molar-refractivity contribution in [2.45, 2.75) is 0 Å². The van der Waals surface area contributed by atoms with Crippen molar-refractivity contribution in [3.8, 4) is 0 Å². The topological polar surface area (TPSA) is 23.5 Å². The molecule has 0 aromatic rings. The zero-order chi connectivity index (χ0) is 5.86. The average molecular weight is 177 g/mol. The summed E-state index contributed by atoms with van der Waals surface area (Å²) in [4.78, 5) is 1.44. The van der Waals surface area contributed by atoms with Gasteiger partial charge in [0.15, 0.2) is 0 Å². The van der Waals surface area contributed by atoms with Gasteiger partial charge in [-0.3, -0.25) is 0 Å². The summed E-state index contributed by atoms with van der Waals surface area (Å²) in [6, 6.07) is 0. The van der Waals surface area contributed by atoms with Gasteiger partial charge in [-0.25, -0.2) is 0 Å². The molecule has 0 saturated carbocycles. The summed E-state index contributed by atoms with van der Waals surface area (Å²) in [5.41, 5.74) is 0. The van der Waals surface area contributed by atoms with Crippen LogP contribution in [0.15, 0.2) is 0 Å². The van der Waals surface area contributed by atoms with Gasteiger partial charge in [-0.1, -0.05) is 12.2 Å². The second kappa shape index (κ2) is 6.95.